The predicted molar refractivity (Wildman–Crippen MR) is 97.3 cm³/mol. The van der Waals surface area contributed by atoms with Gasteiger partial charge in [-0.25, -0.2) is 8.97 Å². The van der Waals surface area contributed by atoms with Gasteiger partial charge in [-0.1, -0.05) is 36.4 Å². The monoisotopic (exact) mass is 319 g/mol. The lowest BCUT2D eigenvalue weighted by atomic mass is 10.1. The number of nitrogens with two attached hydrogens (primary N) is 2. The topological polar surface area (TPSA) is 85.8 Å². The summed E-state index contributed by atoms with van der Waals surface area (Å²) in [5, 5.41) is 7.36. The summed E-state index contributed by atoms with van der Waals surface area (Å²) >= 11 is 0. The van der Waals surface area contributed by atoms with Gasteiger partial charge in [-0.2, -0.15) is 5.10 Å². The Morgan fingerprint density at radius 3 is 2.50 bits per heavy atom. The van der Waals surface area contributed by atoms with Gasteiger partial charge in [0.2, 0.25) is 5.96 Å². The molecule has 6 nitrogen and oxygen atoms in total. The lowest BCUT2D eigenvalue weighted by Crippen LogP contribution is -2.21. The Labute approximate surface area is 140 Å². The maximum absolute atomic E-state index is 5.22. The third-order valence-corrected chi connectivity index (χ3v) is 3.63. The minimum Gasteiger partial charge on any atom is -0.369 e. The largest absolute Gasteiger partial charge is 0.369 e. The zero-order valence-electron chi connectivity index (χ0n) is 13.4. The predicted octanol–water partition coefficient (Wildman–Crippen LogP) is 1.54. The van der Waals surface area contributed by atoms with Crippen LogP contribution < -0.4 is 15.9 Å². The minimum atomic E-state index is -0.0568. The first-order chi connectivity index (χ1) is 11.6. The summed E-state index contributed by atoms with van der Waals surface area (Å²) in [6.45, 7) is 0. The van der Waals surface area contributed by atoms with Crippen molar-refractivity contribution in [1.82, 2.24) is 4.57 Å². The van der Waals surface area contributed by atoms with E-state index in [4.69, 9.17) is 11.5 Å². The van der Waals surface area contributed by atoms with Crippen LogP contribution in [0.2, 0.25) is 0 Å². The normalized spacial score (nSPS) is 11.5. The number of pyridine rings is 1. The van der Waals surface area contributed by atoms with E-state index in [1.54, 1.807) is 6.21 Å². The number of guanidine groups is 1. The number of hydrogen-bond acceptors (Lipinski definition) is 2. The highest BCUT2D eigenvalue weighted by Crippen LogP contribution is 2.10. The fraction of sp³-hybridized carbons (Fsp3) is 0.0556. The first-order valence-corrected chi connectivity index (χ1v) is 7.49. The number of aryl methyl sites for hydroxylation is 1. The van der Waals surface area contributed by atoms with E-state index in [0.717, 1.165) is 22.5 Å². The van der Waals surface area contributed by atoms with Gasteiger partial charge < -0.3 is 11.5 Å². The molecule has 0 atom stereocenters. The Bertz CT molecular complexity index is 928. The highest BCUT2D eigenvalue weighted by atomic mass is 15.3. The zero-order chi connectivity index (χ0) is 16.9. The average Bonchev–Trinajstić information content (AvgIpc) is 2.90. The molecule has 0 fully saturated rings. The molecule has 0 saturated carbocycles. The second-order valence-electron chi connectivity index (χ2n) is 5.35. The molecule has 0 amide bonds. The fourth-order valence-electron chi connectivity index (χ4n) is 2.39. The van der Waals surface area contributed by atoms with Crippen molar-refractivity contribution < 1.29 is 4.40 Å². The summed E-state index contributed by atoms with van der Waals surface area (Å²) < 4.78 is 4.25. The number of nitrogens with zero attached hydrogens (tertiary/aromatic N) is 4. The van der Waals surface area contributed by atoms with Gasteiger partial charge in [0.05, 0.1) is 19.5 Å². The Balaban J connectivity index is 1.77. The molecule has 2 heterocycles. The standard InChI is InChI=1S/C18H19N6/c1-23-16(13-24-11-3-2-4-17(23)24)10-9-14-5-7-15(8-6-14)12-21-22-18(19)20/h2-13H,1H3,(H4,19,20,22)/q+1. The molecule has 3 rings (SSSR count). The fourth-order valence-corrected chi connectivity index (χ4v) is 2.39. The Morgan fingerprint density at radius 1 is 1.04 bits per heavy atom. The Morgan fingerprint density at radius 2 is 1.79 bits per heavy atom. The van der Waals surface area contributed by atoms with Crippen LogP contribution in [0.3, 0.4) is 0 Å². The number of rotatable bonds is 4. The molecule has 1 aromatic carbocycles. The van der Waals surface area contributed by atoms with Gasteiger partial charge in [-0.15, -0.1) is 5.10 Å². The van der Waals surface area contributed by atoms with E-state index in [-0.39, 0.29) is 5.96 Å². The molecule has 0 aliphatic rings. The lowest BCUT2D eigenvalue weighted by molar-refractivity contribution is -0.510. The maximum Gasteiger partial charge on any atom is 0.286 e. The van der Waals surface area contributed by atoms with Crippen LogP contribution in [0.15, 0.2) is 65.1 Å². The third kappa shape index (κ3) is 3.49. The lowest BCUT2D eigenvalue weighted by Gasteiger charge is -1.95. The van der Waals surface area contributed by atoms with E-state index in [9.17, 15) is 0 Å². The molecule has 0 bridgehead atoms. The van der Waals surface area contributed by atoms with Crippen molar-refractivity contribution in [3.05, 3.63) is 71.7 Å². The van der Waals surface area contributed by atoms with E-state index in [0.29, 0.717) is 0 Å². The van der Waals surface area contributed by atoms with E-state index < -0.39 is 0 Å². The van der Waals surface area contributed by atoms with E-state index >= 15 is 0 Å². The van der Waals surface area contributed by atoms with Gasteiger partial charge in [0.25, 0.3) is 5.65 Å². The van der Waals surface area contributed by atoms with Crippen molar-refractivity contribution in [1.29, 1.82) is 0 Å². The van der Waals surface area contributed by atoms with Gasteiger partial charge in [-0.3, -0.25) is 0 Å². The Kier molecular flexibility index (Phi) is 4.38. The number of benzene rings is 1. The van der Waals surface area contributed by atoms with Crippen molar-refractivity contribution in [3.8, 4) is 0 Å². The zero-order valence-corrected chi connectivity index (χ0v) is 13.4. The molecular formula is C18H19N6+. The van der Waals surface area contributed by atoms with E-state index in [1.807, 2.05) is 42.6 Å². The van der Waals surface area contributed by atoms with Crippen molar-refractivity contribution in [2.75, 3.05) is 0 Å². The summed E-state index contributed by atoms with van der Waals surface area (Å²) in [5.74, 6) is -0.0568. The molecule has 24 heavy (non-hydrogen) atoms. The van der Waals surface area contributed by atoms with Crippen LogP contribution in [-0.2, 0) is 7.05 Å². The van der Waals surface area contributed by atoms with Crippen molar-refractivity contribution in [2.24, 2.45) is 28.7 Å². The number of imidazole rings is 1. The van der Waals surface area contributed by atoms with Gasteiger partial charge in [0.1, 0.15) is 6.20 Å². The molecule has 0 saturated heterocycles. The van der Waals surface area contributed by atoms with Crippen molar-refractivity contribution in [2.45, 2.75) is 0 Å². The van der Waals surface area contributed by atoms with Crippen LogP contribution >= 0.6 is 0 Å². The first kappa shape index (κ1) is 15.5. The summed E-state index contributed by atoms with van der Waals surface area (Å²) in [5.41, 5.74) is 14.7. The summed E-state index contributed by atoms with van der Waals surface area (Å²) in [6.07, 6.45) is 9.91. The SMILES string of the molecule is Cn1c(C=Cc2ccc(C=NN=C(N)N)cc2)c[n+]2ccccc12. The minimum absolute atomic E-state index is 0.0568. The van der Waals surface area contributed by atoms with E-state index in [2.05, 4.69) is 50.6 Å². The summed E-state index contributed by atoms with van der Waals surface area (Å²) in [6, 6.07) is 14.1. The second kappa shape index (κ2) is 6.78. The maximum atomic E-state index is 5.22. The van der Waals surface area contributed by atoms with Crippen LogP contribution in [-0.4, -0.2) is 16.7 Å². The van der Waals surface area contributed by atoms with Crippen molar-refractivity contribution in [3.63, 3.8) is 0 Å². The molecule has 0 aliphatic heterocycles. The molecule has 0 unspecified atom stereocenters. The van der Waals surface area contributed by atoms with Crippen LogP contribution in [0.5, 0.6) is 0 Å². The molecule has 0 spiro atoms. The summed E-state index contributed by atoms with van der Waals surface area (Å²) in [7, 11) is 2.05. The molecule has 2 aromatic heterocycles. The quantitative estimate of drug-likeness (QED) is 0.331. The van der Waals surface area contributed by atoms with Gasteiger partial charge in [0.15, 0.2) is 5.69 Å². The highest BCUT2D eigenvalue weighted by Gasteiger charge is 2.10. The first-order valence-electron chi connectivity index (χ1n) is 7.49. The van der Waals surface area contributed by atoms with Crippen molar-refractivity contribution >= 4 is 30.0 Å². The Hall–Kier alpha value is -3.41. The smallest absolute Gasteiger partial charge is 0.286 e. The van der Waals surface area contributed by atoms with E-state index in [1.165, 1.54) is 0 Å². The van der Waals surface area contributed by atoms with Crippen LogP contribution in [0.4, 0.5) is 0 Å². The number of aromatic nitrogens is 2. The van der Waals surface area contributed by atoms with Crippen LogP contribution in [0.25, 0.3) is 17.8 Å². The van der Waals surface area contributed by atoms with Gasteiger partial charge in [0, 0.05) is 6.07 Å². The molecule has 6 heteroatoms. The second-order valence-corrected chi connectivity index (χ2v) is 5.35. The number of hydrogen-bond donors (Lipinski definition) is 2. The highest BCUT2D eigenvalue weighted by molar-refractivity contribution is 5.82. The van der Waals surface area contributed by atoms with Gasteiger partial charge in [-0.05, 0) is 23.3 Å². The van der Waals surface area contributed by atoms with Crippen LogP contribution in [0.1, 0.15) is 16.8 Å². The van der Waals surface area contributed by atoms with Crippen LogP contribution in [0, 0.1) is 0 Å². The number of fused-ring (bicyclic) bond motifs is 1. The molecule has 120 valence electrons. The average molecular weight is 319 g/mol. The molecule has 0 aliphatic carbocycles. The van der Waals surface area contributed by atoms with Gasteiger partial charge >= 0.3 is 0 Å². The molecule has 3 aromatic rings. The molecule has 4 N–H and O–H groups in total. The third-order valence-electron chi connectivity index (χ3n) is 3.63. The molecule has 0 radical (unpaired) electrons. The summed E-state index contributed by atoms with van der Waals surface area (Å²) in [4.78, 5) is 0. The molecular weight excluding hydrogens is 300 g/mol.